The number of hydrogen-bond donors (Lipinski definition) is 1. The number of amides is 2. The number of benzene rings is 2. The Kier molecular flexibility index (Phi) is 5.22. The van der Waals surface area contributed by atoms with Crippen molar-refractivity contribution in [2.75, 3.05) is 16.8 Å². The Morgan fingerprint density at radius 3 is 2.70 bits per heavy atom. The molecule has 0 aliphatic carbocycles. The van der Waals surface area contributed by atoms with Crippen LogP contribution in [0, 0.1) is 0 Å². The second kappa shape index (κ2) is 7.94. The summed E-state index contributed by atoms with van der Waals surface area (Å²) in [7, 11) is 0. The maximum Gasteiger partial charge on any atom is 0.246 e. The minimum absolute atomic E-state index is 0.0203. The van der Waals surface area contributed by atoms with Crippen LogP contribution in [0.4, 0.5) is 10.8 Å². The molecule has 1 N–H and O–H groups in total. The van der Waals surface area contributed by atoms with Crippen LogP contribution in [-0.2, 0) is 9.59 Å². The lowest BCUT2D eigenvalue weighted by molar-refractivity contribution is -0.121. The second-order valence-electron chi connectivity index (χ2n) is 6.05. The lowest BCUT2D eigenvalue weighted by Gasteiger charge is -2.21. The van der Waals surface area contributed by atoms with Gasteiger partial charge in [0.25, 0.3) is 0 Å². The third-order valence-electron chi connectivity index (χ3n) is 4.24. The van der Waals surface area contributed by atoms with Gasteiger partial charge in [-0.2, -0.15) is 0 Å². The number of anilines is 2. The van der Waals surface area contributed by atoms with Crippen LogP contribution in [0.25, 0.3) is 0 Å². The molecule has 2 amide bonds. The maximum atomic E-state index is 13.0. The molecule has 7 heteroatoms. The van der Waals surface area contributed by atoms with E-state index in [1.54, 1.807) is 28.2 Å². The molecule has 27 heavy (non-hydrogen) atoms. The van der Waals surface area contributed by atoms with Crippen molar-refractivity contribution in [1.82, 2.24) is 4.98 Å². The highest BCUT2D eigenvalue weighted by atomic mass is 32.2. The smallest absolute Gasteiger partial charge is 0.246 e. The lowest BCUT2D eigenvalue weighted by atomic mass is 10.1. The van der Waals surface area contributed by atoms with Gasteiger partial charge in [-0.3, -0.25) is 9.59 Å². The van der Waals surface area contributed by atoms with Gasteiger partial charge in [0.05, 0.1) is 5.69 Å². The summed E-state index contributed by atoms with van der Waals surface area (Å²) in [5, 5.41) is 5.10. The normalized spacial score (nSPS) is 16.5. The Labute approximate surface area is 165 Å². The summed E-state index contributed by atoms with van der Waals surface area (Å²) in [5.41, 5.74) is 1.89. The number of nitrogens with zero attached hydrogens (tertiary/aromatic N) is 2. The van der Waals surface area contributed by atoms with Gasteiger partial charge >= 0.3 is 0 Å². The third-order valence-corrected chi connectivity index (χ3v) is 6.25. The summed E-state index contributed by atoms with van der Waals surface area (Å²) >= 11 is 3.02. The Morgan fingerprint density at radius 1 is 1.15 bits per heavy atom. The number of carbonyl (C=O) groups excluding carboxylic acids is 2. The maximum absolute atomic E-state index is 13.0. The highest BCUT2D eigenvalue weighted by Gasteiger charge is 2.30. The van der Waals surface area contributed by atoms with Gasteiger partial charge in [0, 0.05) is 28.1 Å². The van der Waals surface area contributed by atoms with Crippen molar-refractivity contribution in [3.8, 4) is 0 Å². The molecule has 2 heterocycles. The molecule has 136 valence electrons. The second-order valence-corrected chi connectivity index (χ2v) is 8.19. The van der Waals surface area contributed by atoms with E-state index in [1.165, 1.54) is 11.3 Å². The molecule has 2 aromatic carbocycles. The summed E-state index contributed by atoms with van der Waals surface area (Å²) in [5.74, 6) is -0.313. The number of para-hydroxylation sites is 1. The minimum atomic E-state index is -0.253. The molecule has 1 aliphatic heterocycles. The number of hydrogen-bond acceptors (Lipinski definition) is 5. The van der Waals surface area contributed by atoms with E-state index in [0.29, 0.717) is 11.6 Å². The van der Waals surface area contributed by atoms with Crippen molar-refractivity contribution in [2.45, 2.75) is 16.6 Å². The van der Waals surface area contributed by atoms with Gasteiger partial charge in [-0.15, -0.1) is 23.1 Å². The SMILES string of the molecule is O=C(CN1C(=O)CC(c2ccccc2)Sc2ccccc21)Nc1nccs1. The van der Waals surface area contributed by atoms with Crippen LogP contribution in [0.3, 0.4) is 0 Å². The number of carbonyl (C=O) groups is 2. The first kappa shape index (κ1) is 17.8. The van der Waals surface area contributed by atoms with Crippen molar-refractivity contribution in [3.05, 3.63) is 71.7 Å². The minimum Gasteiger partial charge on any atom is -0.302 e. The number of fused-ring (bicyclic) bond motifs is 1. The van der Waals surface area contributed by atoms with Crippen LogP contribution in [0.2, 0.25) is 0 Å². The molecule has 0 saturated carbocycles. The molecule has 0 radical (unpaired) electrons. The largest absolute Gasteiger partial charge is 0.302 e. The first-order valence-corrected chi connectivity index (χ1v) is 10.3. The summed E-state index contributed by atoms with van der Waals surface area (Å²) < 4.78 is 0. The number of rotatable bonds is 4. The predicted molar refractivity (Wildman–Crippen MR) is 109 cm³/mol. The molecule has 4 rings (SSSR count). The van der Waals surface area contributed by atoms with E-state index in [2.05, 4.69) is 10.3 Å². The Balaban J connectivity index is 1.60. The molecule has 3 aromatic rings. The van der Waals surface area contributed by atoms with Gasteiger partial charge in [-0.1, -0.05) is 42.5 Å². The van der Waals surface area contributed by atoms with E-state index in [1.807, 2.05) is 54.6 Å². The highest BCUT2D eigenvalue weighted by molar-refractivity contribution is 7.99. The first-order valence-electron chi connectivity index (χ1n) is 8.51. The monoisotopic (exact) mass is 395 g/mol. The molecule has 5 nitrogen and oxygen atoms in total. The van der Waals surface area contributed by atoms with Gasteiger partial charge in [0.15, 0.2) is 5.13 Å². The number of thioether (sulfide) groups is 1. The zero-order valence-corrected chi connectivity index (χ0v) is 16.0. The van der Waals surface area contributed by atoms with Gasteiger partial charge in [0.2, 0.25) is 11.8 Å². The quantitative estimate of drug-likeness (QED) is 0.713. The molecular formula is C20H17N3O2S2. The zero-order valence-electron chi connectivity index (χ0n) is 14.4. The number of thiazole rings is 1. The Morgan fingerprint density at radius 2 is 1.93 bits per heavy atom. The van der Waals surface area contributed by atoms with Crippen LogP contribution in [0.5, 0.6) is 0 Å². The molecule has 0 spiro atoms. The zero-order chi connectivity index (χ0) is 18.6. The van der Waals surface area contributed by atoms with Crippen molar-refractivity contribution < 1.29 is 9.59 Å². The standard InChI is InChI=1S/C20H17N3O2S2/c24-18(22-20-21-10-11-26-20)13-23-15-8-4-5-9-16(15)27-17(12-19(23)25)14-6-2-1-3-7-14/h1-11,17H,12-13H2,(H,21,22,24). The van der Waals surface area contributed by atoms with Gasteiger partial charge in [-0.05, 0) is 17.7 Å². The molecule has 1 aromatic heterocycles. The molecule has 0 saturated heterocycles. The van der Waals surface area contributed by atoms with Crippen molar-refractivity contribution in [1.29, 1.82) is 0 Å². The van der Waals surface area contributed by atoms with Crippen LogP contribution in [0.1, 0.15) is 17.2 Å². The number of nitrogens with one attached hydrogen (secondary N) is 1. The molecule has 1 unspecified atom stereocenters. The average Bonchev–Trinajstić information content (AvgIpc) is 3.15. The molecule has 1 aliphatic rings. The Hall–Kier alpha value is -2.64. The van der Waals surface area contributed by atoms with Gasteiger partial charge in [-0.25, -0.2) is 4.98 Å². The van der Waals surface area contributed by atoms with Crippen molar-refractivity contribution in [2.24, 2.45) is 0 Å². The first-order chi connectivity index (χ1) is 13.2. The fourth-order valence-electron chi connectivity index (χ4n) is 2.99. The van der Waals surface area contributed by atoms with Gasteiger partial charge < -0.3 is 10.2 Å². The van der Waals surface area contributed by atoms with Crippen molar-refractivity contribution in [3.63, 3.8) is 0 Å². The third kappa shape index (κ3) is 4.04. The summed E-state index contributed by atoms with van der Waals surface area (Å²) in [6.45, 7) is -0.0303. The summed E-state index contributed by atoms with van der Waals surface area (Å²) in [6.07, 6.45) is 1.97. The Bertz CT molecular complexity index is 945. The van der Waals surface area contributed by atoms with E-state index < -0.39 is 0 Å². The summed E-state index contributed by atoms with van der Waals surface area (Å²) in [6, 6.07) is 17.8. The van der Waals surface area contributed by atoms with E-state index in [4.69, 9.17) is 0 Å². The van der Waals surface area contributed by atoms with E-state index in [0.717, 1.165) is 16.1 Å². The molecular weight excluding hydrogens is 378 g/mol. The molecule has 0 fully saturated rings. The van der Waals surface area contributed by atoms with Crippen LogP contribution in [-0.4, -0.2) is 23.3 Å². The van der Waals surface area contributed by atoms with Crippen LogP contribution < -0.4 is 10.2 Å². The predicted octanol–water partition coefficient (Wildman–Crippen LogP) is 4.35. The van der Waals surface area contributed by atoms with E-state index in [9.17, 15) is 9.59 Å². The number of aromatic nitrogens is 1. The molecule has 1 atom stereocenters. The van der Waals surface area contributed by atoms with Crippen LogP contribution in [0.15, 0.2) is 71.1 Å². The van der Waals surface area contributed by atoms with Crippen LogP contribution >= 0.6 is 23.1 Å². The van der Waals surface area contributed by atoms with E-state index >= 15 is 0 Å². The van der Waals surface area contributed by atoms with Gasteiger partial charge in [0.1, 0.15) is 6.54 Å². The van der Waals surface area contributed by atoms with E-state index in [-0.39, 0.29) is 23.6 Å². The fourth-order valence-corrected chi connectivity index (χ4v) is 4.82. The van der Waals surface area contributed by atoms with Crippen molar-refractivity contribution >= 4 is 45.7 Å². The highest BCUT2D eigenvalue weighted by Crippen LogP contribution is 2.45. The average molecular weight is 396 g/mol. The molecule has 0 bridgehead atoms. The fraction of sp³-hybridized carbons (Fsp3) is 0.150. The topological polar surface area (TPSA) is 62.3 Å². The lowest BCUT2D eigenvalue weighted by Crippen LogP contribution is -2.38. The summed E-state index contributed by atoms with van der Waals surface area (Å²) in [4.78, 5) is 32.1.